The van der Waals surface area contributed by atoms with Crippen molar-refractivity contribution in [1.29, 1.82) is 0 Å². The summed E-state index contributed by atoms with van der Waals surface area (Å²) in [5.41, 5.74) is 9.69. The number of nitrogens with zero attached hydrogens (tertiary/aromatic N) is 1. The third-order valence-electron chi connectivity index (χ3n) is 2.95. The number of nitrogen functional groups attached to an aromatic ring is 1. The van der Waals surface area contributed by atoms with Gasteiger partial charge in [-0.2, -0.15) is 5.10 Å². The van der Waals surface area contributed by atoms with Crippen molar-refractivity contribution >= 4 is 17.4 Å². The first-order valence-corrected chi connectivity index (χ1v) is 6.28. The predicted octanol–water partition coefficient (Wildman–Crippen LogP) is 3.98. The Labute approximate surface area is 116 Å². The van der Waals surface area contributed by atoms with Gasteiger partial charge in [-0.25, -0.2) is 0 Å². The Morgan fingerprint density at radius 3 is 2.42 bits per heavy atom. The number of benzene rings is 2. The minimum absolute atomic E-state index is 0.543. The Morgan fingerprint density at radius 2 is 1.68 bits per heavy atom. The van der Waals surface area contributed by atoms with Gasteiger partial charge in [0.15, 0.2) is 0 Å². The summed E-state index contributed by atoms with van der Waals surface area (Å²) in [4.78, 5) is 0. The lowest BCUT2D eigenvalue weighted by molar-refractivity contribution is 1.10. The van der Waals surface area contributed by atoms with Crippen molar-refractivity contribution in [3.8, 4) is 22.4 Å². The van der Waals surface area contributed by atoms with E-state index >= 15 is 0 Å². The van der Waals surface area contributed by atoms with Crippen molar-refractivity contribution in [3.05, 3.63) is 59.6 Å². The van der Waals surface area contributed by atoms with Crippen LogP contribution in [-0.2, 0) is 0 Å². The molecule has 0 aliphatic carbocycles. The molecule has 0 fully saturated rings. The molecule has 0 bridgehead atoms. The fraction of sp³-hybridized carbons (Fsp3) is 0. The maximum absolute atomic E-state index is 6.04. The van der Waals surface area contributed by atoms with Crippen molar-refractivity contribution in [2.45, 2.75) is 0 Å². The molecule has 0 atom stereocenters. The molecule has 3 nitrogen and oxygen atoms in total. The van der Waals surface area contributed by atoms with E-state index in [2.05, 4.69) is 10.2 Å². The van der Waals surface area contributed by atoms with E-state index in [0.717, 1.165) is 22.4 Å². The normalized spacial score (nSPS) is 10.6. The second-order valence-electron chi connectivity index (χ2n) is 4.24. The quantitative estimate of drug-likeness (QED) is 0.739. The summed E-state index contributed by atoms with van der Waals surface area (Å²) in [7, 11) is 0. The first kappa shape index (κ1) is 11.8. The molecule has 0 saturated heterocycles. The summed E-state index contributed by atoms with van der Waals surface area (Å²) in [6.07, 6.45) is 0. The number of aromatic amines is 1. The van der Waals surface area contributed by atoms with E-state index < -0.39 is 0 Å². The minimum atomic E-state index is 0.543. The molecule has 0 aliphatic heterocycles. The van der Waals surface area contributed by atoms with E-state index in [-0.39, 0.29) is 0 Å². The zero-order chi connectivity index (χ0) is 13.2. The number of hydrogen-bond donors (Lipinski definition) is 2. The summed E-state index contributed by atoms with van der Waals surface area (Å²) < 4.78 is 0. The van der Waals surface area contributed by atoms with Gasteiger partial charge in [-0.1, -0.05) is 54.1 Å². The SMILES string of the molecule is Nc1[nH]nc(-c2ccccc2)c1-c1cccc(Cl)c1. The summed E-state index contributed by atoms with van der Waals surface area (Å²) in [6, 6.07) is 17.5. The average Bonchev–Trinajstić information content (AvgIpc) is 2.82. The highest BCUT2D eigenvalue weighted by molar-refractivity contribution is 6.30. The smallest absolute Gasteiger partial charge is 0.127 e. The molecule has 0 radical (unpaired) electrons. The third-order valence-corrected chi connectivity index (χ3v) is 3.19. The van der Waals surface area contributed by atoms with Gasteiger partial charge in [0.25, 0.3) is 0 Å². The highest BCUT2D eigenvalue weighted by Gasteiger charge is 2.14. The number of hydrogen-bond acceptors (Lipinski definition) is 2. The van der Waals surface area contributed by atoms with Gasteiger partial charge in [0.05, 0.1) is 5.56 Å². The Kier molecular flexibility index (Phi) is 2.97. The molecule has 0 amide bonds. The van der Waals surface area contributed by atoms with Crippen LogP contribution in [0.4, 0.5) is 5.82 Å². The second kappa shape index (κ2) is 4.78. The molecule has 4 heteroatoms. The zero-order valence-corrected chi connectivity index (χ0v) is 10.9. The van der Waals surface area contributed by atoms with Gasteiger partial charge in [-0.15, -0.1) is 0 Å². The Morgan fingerprint density at radius 1 is 0.947 bits per heavy atom. The van der Waals surface area contributed by atoms with Crippen LogP contribution in [-0.4, -0.2) is 10.2 Å². The van der Waals surface area contributed by atoms with Gasteiger partial charge in [-0.3, -0.25) is 5.10 Å². The number of halogens is 1. The van der Waals surface area contributed by atoms with E-state index in [4.69, 9.17) is 17.3 Å². The zero-order valence-electron chi connectivity index (χ0n) is 10.1. The summed E-state index contributed by atoms with van der Waals surface area (Å²) in [6.45, 7) is 0. The molecule has 3 aromatic rings. The van der Waals surface area contributed by atoms with Crippen molar-refractivity contribution in [2.75, 3.05) is 5.73 Å². The second-order valence-corrected chi connectivity index (χ2v) is 4.67. The molecule has 3 N–H and O–H groups in total. The van der Waals surface area contributed by atoms with Gasteiger partial charge < -0.3 is 5.73 Å². The van der Waals surface area contributed by atoms with E-state index in [1.54, 1.807) is 0 Å². The van der Waals surface area contributed by atoms with Crippen molar-refractivity contribution in [1.82, 2.24) is 10.2 Å². The molecule has 2 aromatic carbocycles. The van der Waals surface area contributed by atoms with Gasteiger partial charge in [0.2, 0.25) is 0 Å². The molecular weight excluding hydrogens is 258 g/mol. The van der Waals surface area contributed by atoms with E-state index in [1.807, 2.05) is 54.6 Å². The standard InChI is InChI=1S/C15H12ClN3/c16-12-8-4-7-11(9-12)13-14(18-19-15(13)17)10-5-2-1-3-6-10/h1-9H,(H3,17,18,19). The Balaban J connectivity index is 2.20. The average molecular weight is 270 g/mol. The molecule has 1 heterocycles. The van der Waals surface area contributed by atoms with Crippen molar-refractivity contribution in [3.63, 3.8) is 0 Å². The third kappa shape index (κ3) is 2.20. The largest absolute Gasteiger partial charge is 0.384 e. The van der Waals surface area contributed by atoms with Crippen molar-refractivity contribution in [2.24, 2.45) is 0 Å². The first-order chi connectivity index (χ1) is 9.25. The van der Waals surface area contributed by atoms with Crippen LogP contribution in [0.1, 0.15) is 0 Å². The monoisotopic (exact) mass is 269 g/mol. The first-order valence-electron chi connectivity index (χ1n) is 5.91. The minimum Gasteiger partial charge on any atom is -0.384 e. The molecule has 0 saturated carbocycles. The molecule has 94 valence electrons. The molecule has 0 aliphatic rings. The fourth-order valence-corrected chi connectivity index (χ4v) is 2.29. The molecular formula is C15H12ClN3. The van der Waals surface area contributed by atoms with Crippen LogP contribution in [0.15, 0.2) is 54.6 Å². The summed E-state index contributed by atoms with van der Waals surface area (Å²) >= 11 is 6.04. The maximum Gasteiger partial charge on any atom is 0.127 e. The van der Waals surface area contributed by atoms with Gasteiger partial charge in [0.1, 0.15) is 11.5 Å². The van der Waals surface area contributed by atoms with Crippen LogP contribution in [0.5, 0.6) is 0 Å². The van der Waals surface area contributed by atoms with Crippen LogP contribution in [0.3, 0.4) is 0 Å². The molecule has 1 aromatic heterocycles. The maximum atomic E-state index is 6.04. The van der Waals surface area contributed by atoms with Gasteiger partial charge in [0, 0.05) is 10.6 Å². The highest BCUT2D eigenvalue weighted by Crippen LogP contribution is 2.35. The Hall–Kier alpha value is -2.26. The van der Waals surface area contributed by atoms with Crippen LogP contribution in [0.2, 0.25) is 5.02 Å². The van der Waals surface area contributed by atoms with E-state index in [9.17, 15) is 0 Å². The van der Waals surface area contributed by atoms with Crippen LogP contribution >= 0.6 is 11.6 Å². The number of anilines is 1. The molecule has 3 rings (SSSR count). The number of H-pyrrole nitrogens is 1. The lowest BCUT2D eigenvalue weighted by Gasteiger charge is -2.04. The van der Waals surface area contributed by atoms with E-state index in [1.165, 1.54) is 0 Å². The molecule has 0 unspecified atom stereocenters. The van der Waals surface area contributed by atoms with E-state index in [0.29, 0.717) is 10.8 Å². The highest BCUT2D eigenvalue weighted by atomic mass is 35.5. The fourth-order valence-electron chi connectivity index (χ4n) is 2.10. The lowest BCUT2D eigenvalue weighted by Crippen LogP contribution is -1.88. The number of rotatable bonds is 2. The topological polar surface area (TPSA) is 54.7 Å². The number of nitrogens with two attached hydrogens (primary N) is 1. The van der Waals surface area contributed by atoms with Crippen LogP contribution < -0.4 is 5.73 Å². The Bertz CT molecular complexity index is 704. The number of aromatic nitrogens is 2. The predicted molar refractivity (Wildman–Crippen MR) is 78.9 cm³/mol. The summed E-state index contributed by atoms with van der Waals surface area (Å²) in [5.74, 6) is 0.543. The molecule has 19 heavy (non-hydrogen) atoms. The molecule has 0 spiro atoms. The number of nitrogens with one attached hydrogen (secondary N) is 1. The van der Waals surface area contributed by atoms with Gasteiger partial charge in [-0.05, 0) is 17.7 Å². The van der Waals surface area contributed by atoms with Crippen molar-refractivity contribution < 1.29 is 0 Å². The van der Waals surface area contributed by atoms with Gasteiger partial charge >= 0.3 is 0 Å². The van der Waals surface area contributed by atoms with Crippen LogP contribution in [0, 0.1) is 0 Å². The lowest BCUT2D eigenvalue weighted by atomic mass is 10.0. The van der Waals surface area contributed by atoms with Crippen LogP contribution in [0.25, 0.3) is 22.4 Å². The summed E-state index contributed by atoms with van der Waals surface area (Å²) in [5, 5.41) is 7.82.